The highest BCUT2D eigenvalue weighted by Gasteiger charge is 2.32. The molecule has 2 fully saturated rings. The summed E-state index contributed by atoms with van der Waals surface area (Å²) in [5.41, 5.74) is 0. The quantitative estimate of drug-likeness (QED) is 0.770. The molecule has 0 bridgehead atoms. The zero-order valence-corrected chi connectivity index (χ0v) is 11.6. The topological polar surface area (TPSA) is 23.5 Å². The van der Waals surface area contributed by atoms with Crippen LogP contribution in [0.2, 0.25) is 0 Å². The van der Waals surface area contributed by atoms with Crippen molar-refractivity contribution in [3.8, 4) is 0 Å². The maximum Gasteiger partial charge on any atom is 0.0555 e. The molecule has 0 radical (unpaired) electrons. The molecule has 0 heterocycles. The normalized spacial score (nSPS) is 34.2. The van der Waals surface area contributed by atoms with Crippen LogP contribution in [-0.2, 0) is 0 Å². The first kappa shape index (κ1) is 13.4. The van der Waals surface area contributed by atoms with Crippen molar-refractivity contribution in [1.82, 2.24) is 4.90 Å². The summed E-state index contributed by atoms with van der Waals surface area (Å²) in [6, 6.07) is 0.646. The highest BCUT2D eigenvalue weighted by Crippen LogP contribution is 2.35. The van der Waals surface area contributed by atoms with Gasteiger partial charge >= 0.3 is 0 Å². The Morgan fingerprint density at radius 3 is 2.47 bits per heavy atom. The lowest BCUT2D eigenvalue weighted by Crippen LogP contribution is -2.46. The van der Waals surface area contributed by atoms with Crippen LogP contribution in [0.3, 0.4) is 0 Å². The molecule has 1 N–H and O–H groups in total. The second-order valence-electron chi connectivity index (χ2n) is 6.06. The lowest BCUT2D eigenvalue weighted by molar-refractivity contribution is 0.0265. The first-order valence-corrected chi connectivity index (χ1v) is 7.66. The van der Waals surface area contributed by atoms with E-state index in [0.717, 1.165) is 31.2 Å². The lowest BCUT2D eigenvalue weighted by Gasteiger charge is -2.41. The fourth-order valence-corrected chi connectivity index (χ4v) is 3.42. The van der Waals surface area contributed by atoms with Crippen molar-refractivity contribution in [2.75, 3.05) is 13.1 Å². The molecule has 0 aromatic carbocycles. The second-order valence-corrected chi connectivity index (χ2v) is 6.06. The van der Waals surface area contributed by atoms with Gasteiger partial charge in [0, 0.05) is 6.04 Å². The molecule has 100 valence electrons. The fourth-order valence-electron chi connectivity index (χ4n) is 3.42. The predicted octanol–water partition coefficient (Wildman–Crippen LogP) is 3.05. The Morgan fingerprint density at radius 1 is 1.12 bits per heavy atom. The molecule has 2 saturated carbocycles. The molecule has 2 aliphatic rings. The zero-order valence-electron chi connectivity index (χ0n) is 11.6. The fraction of sp³-hybridized carbons (Fsp3) is 1.00. The van der Waals surface area contributed by atoms with Crippen molar-refractivity contribution in [3.63, 3.8) is 0 Å². The molecule has 2 aliphatic carbocycles. The molecule has 0 aromatic rings. The lowest BCUT2D eigenvalue weighted by atomic mass is 9.80. The molecule has 0 spiro atoms. The molecule has 0 aliphatic heterocycles. The van der Waals surface area contributed by atoms with Crippen molar-refractivity contribution in [2.24, 2.45) is 11.8 Å². The average Bonchev–Trinajstić information content (AvgIpc) is 3.14. The van der Waals surface area contributed by atoms with Gasteiger partial charge in [-0.15, -0.1) is 0 Å². The van der Waals surface area contributed by atoms with E-state index in [9.17, 15) is 5.11 Å². The molecule has 0 aromatic heterocycles. The minimum Gasteiger partial charge on any atom is -0.393 e. The molecule has 3 unspecified atom stereocenters. The van der Waals surface area contributed by atoms with E-state index in [1.165, 1.54) is 38.6 Å². The van der Waals surface area contributed by atoms with E-state index in [-0.39, 0.29) is 6.10 Å². The number of hydrogen-bond donors (Lipinski definition) is 1. The van der Waals surface area contributed by atoms with Crippen LogP contribution in [0.25, 0.3) is 0 Å². The van der Waals surface area contributed by atoms with Gasteiger partial charge in [0.05, 0.1) is 6.10 Å². The molecular formula is C15H29NO. The van der Waals surface area contributed by atoms with Crippen molar-refractivity contribution in [2.45, 2.75) is 70.9 Å². The van der Waals surface area contributed by atoms with Crippen molar-refractivity contribution < 1.29 is 5.11 Å². The molecule has 17 heavy (non-hydrogen) atoms. The number of aliphatic hydroxyl groups excluding tert-OH is 1. The van der Waals surface area contributed by atoms with E-state index < -0.39 is 0 Å². The summed E-state index contributed by atoms with van der Waals surface area (Å²) >= 11 is 0. The van der Waals surface area contributed by atoms with Crippen LogP contribution in [0.15, 0.2) is 0 Å². The maximum atomic E-state index is 9.90. The van der Waals surface area contributed by atoms with Gasteiger partial charge < -0.3 is 10.0 Å². The molecule has 2 rings (SSSR count). The van der Waals surface area contributed by atoms with Gasteiger partial charge in [0.15, 0.2) is 0 Å². The van der Waals surface area contributed by atoms with E-state index in [1.54, 1.807) is 0 Å². The van der Waals surface area contributed by atoms with Crippen LogP contribution in [0.4, 0.5) is 0 Å². The monoisotopic (exact) mass is 239 g/mol. The van der Waals surface area contributed by atoms with Crippen LogP contribution in [0.1, 0.15) is 58.8 Å². The third kappa shape index (κ3) is 3.69. The first-order valence-electron chi connectivity index (χ1n) is 7.66. The van der Waals surface area contributed by atoms with Gasteiger partial charge in [-0.25, -0.2) is 0 Å². The van der Waals surface area contributed by atoms with Crippen LogP contribution < -0.4 is 0 Å². The Morgan fingerprint density at radius 2 is 1.88 bits per heavy atom. The van der Waals surface area contributed by atoms with Gasteiger partial charge in [0.1, 0.15) is 0 Å². The molecule has 0 saturated heterocycles. The van der Waals surface area contributed by atoms with E-state index in [4.69, 9.17) is 0 Å². The third-order valence-electron chi connectivity index (χ3n) is 4.85. The molecule has 0 amide bonds. The SMILES string of the molecule is CCC1CCC(O)CC1N(CC)CCC1CC1. The Labute approximate surface area is 106 Å². The van der Waals surface area contributed by atoms with Gasteiger partial charge in [-0.1, -0.05) is 33.1 Å². The van der Waals surface area contributed by atoms with Gasteiger partial charge in [0.25, 0.3) is 0 Å². The number of rotatable bonds is 6. The summed E-state index contributed by atoms with van der Waals surface area (Å²) in [5.74, 6) is 1.84. The van der Waals surface area contributed by atoms with E-state index in [1.807, 2.05) is 0 Å². The largest absolute Gasteiger partial charge is 0.393 e. The highest BCUT2D eigenvalue weighted by atomic mass is 16.3. The Hall–Kier alpha value is -0.0800. The van der Waals surface area contributed by atoms with Crippen LogP contribution in [0.5, 0.6) is 0 Å². The molecular weight excluding hydrogens is 210 g/mol. The van der Waals surface area contributed by atoms with Crippen molar-refractivity contribution in [1.29, 1.82) is 0 Å². The number of aliphatic hydroxyl groups is 1. The van der Waals surface area contributed by atoms with Crippen molar-refractivity contribution in [3.05, 3.63) is 0 Å². The Balaban J connectivity index is 1.88. The predicted molar refractivity (Wildman–Crippen MR) is 72.0 cm³/mol. The molecule has 2 nitrogen and oxygen atoms in total. The van der Waals surface area contributed by atoms with Gasteiger partial charge in [-0.3, -0.25) is 0 Å². The number of nitrogens with zero attached hydrogens (tertiary/aromatic N) is 1. The Kier molecular flexibility index (Phi) is 4.87. The van der Waals surface area contributed by atoms with Crippen LogP contribution in [0, 0.1) is 11.8 Å². The third-order valence-corrected chi connectivity index (χ3v) is 4.85. The minimum atomic E-state index is -0.0437. The van der Waals surface area contributed by atoms with Crippen LogP contribution >= 0.6 is 0 Å². The second kappa shape index (κ2) is 6.19. The number of hydrogen-bond acceptors (Lipinski definition) is 2. The van der Waals surface area contributed by atoms with Gasteiger partial charge in [-0.05, 0) is 50.6 Å². The molecule has 2 heteroatoms. The van der Waals surface area contributed by atoms with Crippen LogP contribution in [-0.4, -0.2) is 35.2 Å². The standard InChI is InChI=1S/C15H29NO/c1-3-13-7-8-14(17)11-15(13)16(4-2)10-9-12-5-6-12/h12-15,17H,3-11H2,1-2H3. The highest BCUT2D eigenvalue weighted by molar-refractivity contribution is 4.87. The first-order chi connectivity index (χ1) is 8.24. The van der Waals surface area contributed by atoms with Crippen molar-refractivity contribution >= 4 is 0 Å². The summed E-state index contributed by atoms with van der Waals surface area (Å²) in [4.78, 5) is 2.65. The van der Waals surface area contributed by atoms with E-state index in [0.29, 0.717) is 6.04 Å². The van der Waals surface area contributed by atoms with Gasteiger partial charge in [0.2, 0.25) is 0 Å². The van der Waals surface area contributed by atoms with E-state index in [2.05, 4.69) is 18.7 Å². The van der Waals surface area contributed by atoms with Gasteiger partial charge in [-0.2, -0.15) is 0 Å². The minimum absolute atomic E-state index is 0.0437. The Bertz CT molecular complexity index is 227. The zero-order chi connectivity index (χ0) is 12.3. The summed E-state index contributed by atoms with van der Waals surface area (Å²) in [7, 11) is 0. The van der Waals surface area contributed by atoms with E-state index >= 15 is 0 Å². The summed E-state index contributed by atoms with van der Waals surface area (Å²) in [6.45, 7) is 7.00. The summed E-state index contributed by atoms with van der Waals surface area (Å²) in [6.07, 6.45) is 8.80. The smallest absolute Gasteiger partial charge is 0.0555 e. The average molecular weight is 239 g/mol. The summed E-state index contributed by atoms with van der Waals surface area (Å²) < 4.78 is 0. The molecule has 3 atom stereocenters. The maximum absolute atomic E-state index is 9.90. The summed E-state index contributed by atoms with van der Waals surface area (Å²) in [5, 5.41) is 9.90.